The summed E-state index contributed by atoms with van der Waals surface area (Å²) in [5, 5.41) is 0. The summed E-state index contributed by atoms with van der Waals surface area (Å²) in [5.41, 5.74) is 0.221. The molecule has 0 N–H and O–H groups in total. The second-order valence-corrected chi connectivity index (χ2v) is 2.68. The molecule has 1 rings (SSSR count). The quantitative estimate of drug-likeness (QED) is 0.576. The van der Waals surface area contributed by atoms with Crippen molar-refractivity contribution in [1.29, 1.82) is 0 Å². The van der Waals surface area contributed by atoms with E-state index in [9.17, 15) is 18.0 Å². The Morgan fingerprint density at radius 1 is 1.31 bits per heavy atom. The van der Waals surface area contributed by atoms with Gasteiger partial charge in [0.2, 0.25) is 0 Å². The molecule has 0 unspecified atom stereocenters. The maximum Gasteiger partial charge on any atom is 0.522 e. The van der Waals surface area contributed by atoms with Crippen LogP contribution in [-0.2, 0) is 4.74 Å². The minimum absolute atomic E-state index is 0.221. The third-order valence-corrected chi connectivity index (χ3v) is 1.50. The molecule has 0 spiro atoms. The maximum absolute atomic E-state index is 11.6. The molecule has 88 valence electrons. The molecule has 1 aromatic rings. The number of halogens is 3. The minimum atomic E-state index is -4.65. The first-order chi connectivity index (χ1) is 7.51. The molecular weight excluding hydrogens is 227 g/mol. The zero-order valence-corrected chi connectivity index (χ0v) is 8.03. The van der Waals surface area contributed by atoms with Crippen LogP contribution in [-0.4, -0.2) is 30.8 Å². The zero-order chi connectivity index (χ0) is 12.0. The first-order valence-electron chi connectivity index (χ1n) is 4.26. The minimum Gasteiger partial charge on any atom is -0.490 e. The van der Waals surface area contributed by atoms with E-state index >= 15 is 0 Å². The van der Waals surface area contributed by atoms with Crippen LogP contribution in [0.3, 0.4) is 0 Å². The molecule has 0 aliphatic carbocycles. The number of aldehydes is 1. The van der Waals surface area contributed by atoms with Crippen LogP contribution in [0.25, 0.3) is 0 Å². The number of hydrogen-bond acceptors (Lipinski definition) is 4. The van der Waals surface area contributed by atoms with Gasteiger partial charge in [-0.2, -0.15) is 0 Å². The molecule has 0 amide bonds. The highest BCUT2D eigenvalue weighted by atomic mass is 19.4. The molecule has 0 aliphatic heterocycles. The Morgan fingerprint density at radius 3 is 2.56 bits per heavy atom. The van der Waals surface area contributed by atoms with Crippen molar-refractivity contribution in [3.8, 4) is 5.75 Å². The van der Waals surface area contributed by atoms with Gasteiger partial charge in [-0.3, -0.25) is 9.53 Å². The highest BCUT2D eigenvalue weighted by Crippen LogP contribution is 2.15. The predicted molar refractivity (Wildman–Crippen MR) is 47.1 cm³/mol. The summed E-state index contributed by atoms with van der Waals surface area (Å²) in [7, 11) is 0. The van der Waals surface area contributed by atoms with Crippen LogP contribution >= 0.6 is 0 Å². The van der Waals surface area contributed by atoms with E-state index in [4.69, 9.17) is 4.74 Å². The summed E-state index contributed by atoms with van der Waals surface area (Å²) < 4.78 is 43.0. The molecule has 7 heteroatoms. The fourth-order valence-corrected chi connectivity index (χ4v) is 0.864. The first kappa shape index (κ1) is 12.4. The van der Waals surface area contributed by atoms with Crippen molar-refractivity contribution in [2.24, 2.45) is 0 Å². The normalized spacial score (nSPS) is 11.2. The first-order valence-corrected chi connectivity index (χ1v) is 4.26. The van der Waals surface area contributed by atoms with Gasteiger partial charge in [0.15, 0.2) is 6.29 Å². The molecule has 0 atom stereocenters. The smallest absolute Gasteiger partial charge is 0.490 e. The Bertz CT molecular complexity index is 337. The predicted octanol–water partition coefficient (Wildman–Crippen LogP) is 1.81. The molecule has 0 bridgehead atoms. The average molecular weight is 235 g/mol. The Hall–Kier alpha value is -1.63. The molecule has 0 aliphatic rings. The van der Waals surface area contributed by atoms with Crippen molar-refractivity contribution in [3.05, 3.63) is 24.0 Å². The van der Waals surface area contributed by atoms with E-state index in [2.05, 4.69) is 9.72 Å². The molecule has 0 saturated carbocycles. The van der Waals surface area contributed by atoms with Gasteiger partial charge in [-0.25, -0.2) is 4.98 Å². The van der Waals surface area contributed by atoms with Crippen LogP contribution < -0.4 is 4.74 Å². The monoisotopic (exact) mass is 235 g/mol. The Labute approximate surface area is 89.0 Å². The lowest BCUT2D eigenvalue weighted by Gasteiger charge is -2.08. The lowest BCUT2D eigenvalue weighted by Crippen LogP contribution is -2.18. The number of pyridine rings is 1. The van der Waals surface area contributed by atoms with E-state index in [1.54, 1.807) is 0 Å². The van der Waals surface area contributed by atoms with E-state index in [0.717, 1.165) is 0 Å². The zero-order valence-electron chi connectivity index (χ0n) is 8.03. The molecule has 4 nitrogen and oxygen atoms in total. The topological polar surface area (TPSA) is 48.4 Å². The molecule has 0 saturated heterocycles. The standard InChI is InChI=1S/C9H8F3NO3/c10-9(11,12)16-4-3-15-8-2-1-7(6-14)13-5-8/h1-2,5-6H,3-4H2. The van der Waals surface area contributed by atoms with Gasteiger partial charge >= 0.3 is 6.36 Å². The second-order valence-electron chi connectivity index (χ2n) is 2.68. The van der Waals surface area contributed by atoms with E-state index in [-0.39, 0.29) is 18.1 Å². The van der Waals surface area contributed by atoms with Crippen LogP contribution in [0, 0.1) is 0 Å². The van der Waals surface area contributed by atoms with Gasteiger partial charge in [0.1, 0.15) is 18.1 Å². The summed E-state index contributed by atoms with van der Waals surface area (Å²) in [5.74, 6) is 0.274. The van der Waals surface area contributed by atoms with Gasteiger partial charge in [0.25, 0.3) is 0 Å². The lowest BCUT2D eigenvalue weighted by molar-refractivity contribution is -0.325. The third kappa shape index (κ3) is 4.74. The number of carbonyl (C=O) groups is 1. The number of nitrogens with zero attached hydrogens (tertiary/aromatic N) is 1. The van der Waals surface area contributed by atoms with Gasteiger partial charge < -0.3 is 4.74 Å². The van der Waals surface area contributed by atoms with Crippen molar-refractivity contribution in [1.82, 2.24) is 4.98 Å². The number of rotatable bonds is 5. The van der Waals surface area contributed by atoms with Crippen molar-refractivity contribution < 1.29 is 27.4 Å². The fourth-order valence-electron chi connectivity index (χ4n) is 0.864. The van der Waals surface area contributed by atoms with Crippen LogP contribution in [0.4, 0.5) is 13.2 Å². The van der Waals surface area contributed by atoms with E-state index < -0.39 is 13.0 Å². The summed E-state index contributed by atoms with van der Waals surface area (Å²) in [6, 6.07) is 2.83. The largest absolute Gasteiger partial charge is 0.522 e. The molecule has 0 radical (unpaired) electrons. The van der Waals surface area contributed by atoms with Crippen LogP contribution in [0.15, 0.2) is 18.3 Å². The van der Waals surface area contributed by atoms with Crippen molar-refractivity contribution >= 4 is 6.29 Å². The van der Waals surface area contributed by atoms with Gasteiger partial charge in [-0.1, -0.05) is 0 Å². The molecule has 0 aromatic carbocycles. The van der Waals surface area contributed by atoms with E-state index in [1.807, 2.05) is 0 Å². The van der Waals surface area contributed by atoms with Gasteiger partial charge in [-0.05, 0) is 12.1 Å². The number of alkyl halides is 3. The Balaban J connectivity index is 2.29. The summed E-state index contributed by atoms with van der Waals surface area (Å²) in [4.78, 5) is 13.9. The second kappa shape index (κ2) is 5.45. The van der Waals surface area contributed by atoms with E-state index in [0.29, 0.717) is 6.29 Å². The average Bonchev–Trinajstić information content (AvgIpc) is 2.24. The molecule has 1 heterocycles. The summed E-state index contributed by atoms with van der Waals surface area (Å²) in [6.45, 7) is -0.847. The van der Waals surface area contributed by atoms with Crippen LogP contribution in [0.5, 0.6) is 5.75 Å². The number of aromatic nitrogens is 1. The SMILES string of the molecule is O=Cc1ccc(OCCOC(F)(F)F)cn1. The molecule has 0 fully saturated rings. The Morgan fingerprint density at radius 2 is 2.06 bits per heavy atom. The Kier molecular flexibility index (Phi) is 4.24. The highest BCUT2D eigenvalue weighted by molar-refractivity contribution is 5.71. The molecule has 1 aromatic heterocycles. The van der Waals surface area contributed by atoms with Gasteiger partial charge in [-0.15, -0.1) is 13.2 Å². The summed E-state index contributed by atoms with van der Waals surface area (Å²) >= 11 is 0. The van der Waals surface area contributed by atoms with Crippen molar-refractivity contribution in [3.63, 3.8) is 0 Å². The van der Waals surface area contributed by atoms with Crippen molar-refractivity contribution in [2.45, 2.75) is 6.36 Å². The van der Waals surface area contributed by atoms with E-state index in [1.165, 1.54) is 18.3 Å². The van der Waals surface area contributed by atoms with Crippen molar-refractivity contribution in [2.75, 3.05) is 13.2 Å². The number of carbonyl (C=O) groups excluding carboxylic acids is 1. The van der Waals surface area contributed by atoms with Crippen LogP contribution in [0.2, 0.25) is 0 Å². The van der Waals surface area contributed by atoms with Crippen LogP contribution in [0.1, 0.15) is 10.5 Å². The maximum atomic E-state index is 11.6. The van der Waals surface area contributed by atoms with Gasteiger partial charge in [0, 0.05) is 0 Å². The third-order valence-electron chi connectivity index (χ3n) is 1.50. The number of hydrogen-bond donors (Lipinski definition) is 0. The lowest BCUT2D eigenvalue weighted by atomic mass is 10.4. The molecule has 16 heavy (non-hydrogen) atoms. The van der Waals surface area contributed by atoms with Gasteiger partial charge in [0.05, 0.1) is 12.8 Å². The summed E-state index contributed by atoms with van der Waals surface area (Å²) in [6.07, 6.45) is -2.85. The number of ether oxygens (including phenoxy) is 2. The fraction of sp³-hybridized carbons (Fsp3) is 0.333. The highest BCUT2D eigenvalue weighted by Gasteiger charge is 2.28. The molecular formula is C9H8F3NO3.